The quantitative estimate of drug-likeness (QED) is 0.568. The first-order valence-electron chi connectivity index (χ1n) is 5.96. The minimum atomic E-state index is -0.355. The van der Waals surface area contributed by atoms with E-state index in [1.54, 1.807) is 14.2 Å². The molecule has 0 aliphatic carbocycles. The van der Waals surface area contributed by atoms with Gasteiger partial charge in [0.05, 0.1) is 17.8 Å². The smallest absolute Gasteiger partial charge is 0.161 e. The van der Waals surface area contributed by atoms with Gasteiger partial charge in [-0.25, -0.2) is 0 Å². The third kappa shape index (κ3) is 5.35. The molecule has 18 heavy (non-hydrogen) atoms. The second-order valence-electron chi connectivity index (χ2n) is 4.83. The van der Waals surface area contributed by atoms with Gasteiger partial charge in [-0.3, -0.25) is 0 Å². The van der Waals surface area contributed by atoms with Crippen LogP contribution in [0.1, 0.15) is 34.1 Å². The Hall–Kier alpha value is 1.30. The van der Waals surface area contributed by atoms with Crippen molar-refractivity contribution in [3.63, 3.8) is 0 Å². The predicted molar refractivity (Wildman–Crippen MR) is 89.4 cm³/mol. The first-order valence-corrected chi connectivity index (χ1v) is 12.2. The molecule has 1 heterocycles. The van der Waals surface area contributed by atoms with Crippen LogP contribution >= 0.6 is 37.2 Å². The fourth-order valence-corrected chi connectivity index (χ4v) is 2.33. The monoisotopic (exact) mass is 486 g/mol. The van der Waals surface area contributed by atoms with Crippen LogP contribution in [0, 0.1) is 0 Å². The topological polar surface area (TPSA) is 36.9 Å². The SMILES string of the molecule is COC1C(C)OC(OC(C)C)CC1(C)OC.II. The average Bonchev–Trinajstić information content (AvgIpc) is 2.30. The van der Waals surface area contributed by atoms with Gasteiger partial charge in [0, 0.05) is 57.9 Å². The number of halogens is 2. The molecule has 0 spiro atoms. The molecule has 4 atom stereocenters. The molecule has 4 nitrogen and oxygen atoms in total. The van der Waals surface area contributed by atoms with Crippen molar-refractivity contribution in [3.05, 3.63) is 0 Å². The number of hydrogen-bond acceptors (Lipinski definition) is 4. The van der Waals surface area contributed by atoms with E-state index in [4.69, 9.17) is 18.9 Å². The molecule has 1 aliphatic rings. The van der Waals surface area contributed by atoms with E-state index in [-0.39, 0.29) is 30.2 Å². The van der Waals surface area contributed by atoms with Crippen LogP contribution in [0.25, 0.3) is 0 Å². The third-order valence-corrected chi connectivity index (χ3v) is 3.11. The van der Waals surface area contributed by atoms with Gasteiger partial charge in [0.2, 0.25) is 0 Å². The van der Waals surface area contributed by atoms with Gasteiger partial charge >= 0.3 is 0 Å². The van der Waals surface area contributed by atoms with Crippen LogP contribution < -0.4 is 0 Å². The average molecular weight is 486 g/mol. The molecule has 0 radical (unpaired) electrons. The van der Waals surface area contributed by atoms with Crippen LogP contribution in [0.3, 0.4) is 0 Å². The van der Waals surface area contributed by atoms with E-state index in [0.717, 1.165) is 0 Å². The largest absolute Gasteiger partial charge is 0.376 e. The zero-order valence-electron chi connectivity index (χ0n) is 11.9. The Morgan fingerprint density at radius 1 is 1.28 bits per heavy atom. The minimum Gasteiger partial charge on any atom is -0.376 e. The van der Waals surface area contributed by atoms with Crippen molar-refractivity contribution in [3.8, 4) is 0 Å². The lowest BCUT2D eigenvalue weighted by molar-refractivity contribution is -0.289. The van der Waals surface area contributed by atoms with E-state index in [1.807, 2.05) is 27.7 Å². The highest BCUT2D eigenvalue weighted by Gasteiger charge is 2.46. The third-order valence-electron chi connectivity index (χ3n) is 3.11. The Kier molecular flexibility index (Phi) is 9.95. The summed E-state index contributed by atoms with van der Waals surface area (Å²) in [6, 6.07) is 0. The van der Waals surface area contributed by atoms with E-state index in [1.165, 1.54) is 0 Å². The van der Waals surface area contributed by atoms with E-state index in [9.17, 15) is 0 Å². The van der Waals surface area contributed by atoms with E-state index in [2.05, 4.69) is 37.2 Å². The van der Waals surface area contributed by atoms with Gasteiger partial charge in [-0.05, 0) is 27.7 Å². The molecule has 1 saturated heterocycles. The summed E-state index contributed by atoms with van der Waals surface area (Å²) in [4.78, 5) is 0. The molecule has 4 unspecified atom stereocenters. The summed E-state index contributed by atoms with van der Waals surface area (Å²) in [7, 11) is 3.39. The van der Waals surface area contributed by atoms with Crippen LogP contribution in [-0.2, 0) is 18.9 Å². The van der Waals surface area contributed by atoms with Crippen LogP contribution in [0.5, 0.6) is 0 Å². The molecule has 0 amide bonds. The predicted octanol–water partition coefficient (Wildman–Crippen LogP) is 3.74. The summed E-state index contributed by atoms with van der Waals surface area (Å²) < 4.78 is 22.5. The summed E-state index contributed by atoms with van der Waals surface area (Å²) in [6.07, 6.45) is 0.519. The van der Waals surface area contributed by atoms with Gasteiger partial charge in [0.15, 0.2) is 6.29 Å². The molecular weight excluding hydrogens is 462 g/mol. The molecule has 1 aliphatic heterocycles. The zero-order chi connectivity index (χ0) is 14.3. The Balaban J connectivity index is 0.00000137. The van der Waals surface area contributed by atoms with Crippen molar-refractivity contribution >= 4 is 37.2 Å². The van der Waals surface area contributed by atoms with Gasteiger partial charge in [0.1, 0.15) is 6.10 Å². The van der Waals surface area contributed by atoms with Gasteiger partial charge in [-0.2, -0.15) is 0 Å². The zero-order valence-corrected chi connectivity index (χ0v) is 16.2. The lowest BCUT2D eigenvalue weighted by atomic mass is 9.88. The summed E-state index contributed by atoms with van der Waals surface area (Å²) in [5, 5.41) is 0. The molecule has 110 valence electrons. The maximum Gasteiger partial charge on any atom is 0.161 e. The van der Waals surface area contributed by atoms with E-state index >= 15 is 0 Å². The Morgan fingerprint density at radius 2 is 1.83 bits per heavy atom. The minimum absolute atomic E-state index is 0.0348. The molecule has 6 heteroatoms. The second kappa shape index (κ2) is 9.28. The van der Waals surface area contributed by atoms with Gasteiger partial charge < -0.3 is 18.9 Å². The van der Waals surface area contributed by atoms with Gasteiger partial charge in [-0.15, -0.1) is 0 Å². The van der Waals surface area contributed by atoms with Crippen molar-refractivity contribution in [1.82, 2.24) is 0 Å². The number of methoxy groups -OCH3 is 2. The molecule has 0 saturated carbocycles. The van der Waals surface area contributed by atoms with Crippen molar-refractivity contribution in [2.45, 2.75) is 64.3 Å². The molecule has 1 rings (SSSR count). The van der Waals surface area contributed by atoms with Gasteiger partial charge in [0.25, 0.3) is 0 Å². The Labute approximate surface area is 134 Å². The first kappa shape index (κ1) is 19.3. The van der Waals surface area contributed by atoms with Crippen LogP contribution in [0.15, 0.2) is 0 Å². The Morgan fingerprint density at radius 3 is 2.22 bits per heavy atom. The molecule has 1 fully saturated rings. The molecule has 0 aromatic heterocycles. The maximum absolute atomic E-state index is 5.77. The fourth-order valence-electron chi connectivity index (χ4n) is 2.33. The summed E-state index contributed by atoms with van der Waals surface area (Å²) in [5.41, 5.74) is -0.355. The van der Waals surface area contributed by atoms with Gasteiger partial charge in [-0.1, -0.05) is 0 Å². The maximum atomic E-state index is 5.77. The molecule has 0 bridgehead atoms. The van der Waals surface area contributed by atoms with Crippen molar-refractivity contribution in [2.75, 3.05) is 14.2 Å². The van der Waals surface area contributed by atoms with Crippen molar-refractivity contribution in [1.29, 1.82) is 0 Å². The number of hydrogen-bond donors (Lipinski definition) is 0. The summed E-state index contributed by atoms with van der Waals surface area (Å²) >= 11 is 4.24. The van der Waals surface area contributed by atoms with Crippen LogP contribution in [-0.4, -0.2) is 44.4 Å². The normalized spacial score (nSPS) is 36.2. The van der Waals surface area contributed by atoms with Crippen molar-refractivity contribution in [2.24, 2.45) is 0 Å². The number of ether oxygens (including phenoxy) is 4. The fraction of sp³-hybridized carbons (Fsp3) is 1.00. The molecule has 0 aromatic rings. The highest BCUT2D eigenvalue weighted by Crippen LogP contribution is 2.34. The number of rotatable bonds is 4. The van der Waals surface area contributed by atoms with E-state index < -0.39 is 0 Å². The highest BCUT2D eigenvalue weighted by molar-refractivity contribution is 15.0. The highest BCUT2D eigenvalue weighted by atomic mass is 128. The molecule has 0 aromatic carbocycles. The standard InChI is InChI=1S/C12H24O4.I2/c1-8(2)15-10-7-12(4,14-6)11(13-5)9(3)16-10;1-2/h8-11H,7H2,1-6H3;. The summed E-state index contributed by atoms with van der Waals surface area (Å²) in [5.74, 6) is 0. The van der Waals surface area contributed by atoms with Crippen molar-refractivity contribution < 1.29 is 18.9 Å². The second-order valence-corrected chi connectivity index (χ2v) is 4.83. The van der Waals surface area contributed by atoms with E-state index in [0.29, 0.717) is 6.42 Å². The molecular formula is C12H24I2O4. The summed E-state index contributed by atoms with van der Waals surface area (Å²) in [6.45, 7) is 8.03. The Bertz CT molecular complexity index is 228. The lowest BCUT2D eigenvalue weighted by Crippen LogP contribution is -2.57. The van der Waals surface area contributed by atoms with Crippen LogP contribution in [0.2, 0.25) is 0 Å². The van der Waals surface area contributed by atoms with Crippen LogP contribution in [0.4, 0.5) is 0 Å². The first-order chi connectivity index (χ1) is 8.42. The molecule has 0 N–H and O–H groups in total. The lowest BCUT2D eigenvalue weighted by Gasteiger charge is -2.46.